The molecule has 9 nitrogen and oxygen atoms in total. The number of nitrogens with zero attached hydrogens (tertiary/aromatic N) is 5. The van der Waals surface area contributed by atoms with Crippen LogP contribution in [0.3, 0.4) is 0 Å². The second kappa shape index (κ2) is 16.1. The molecule has 0 bridgehead atoms. The maximum atomic E-state index is 12.3. The van der Waals surface area contributed by atoms with Crippen molar-refractivity contribution >= 4 is 23.4 Å². The number of nitriles is 1. The average Bonchev–Trinajstić information content (AvgIpc) is 2.90. The van der Waals surface area contributed by atoms with Crippen LogP contribution in [0.2, 0.25) is 0 Å². The van der Waals surface area contributed by atoms with E-state index in [9.17, 15) is 4.79 Å². The average molecular weight is 531 g/mol. The van der Waals surface area contributed by atoms with Gasteiger partial charge in [-0.3, -0.25) is 4.79 Å². The van der Waals surface area contributed by atoms with Gasteiger partial charge in [0.25, 0.3) is 0 Å². The highest BCUT2D eigenvalue weighted by Crippen LogP contribution is 2.18. The molecule has 0 unspecified atom stereocenters. The fourth-order valence-corrected chi connectivity index (χ4v) is 3.65. The van der Waals surface area contributed by atoms with E-state index in [1.54, 1.807) is 29.3 Å². The monoisotopic (exact) mass is 530 g/mol. The van der Waals surface area contributed by atoms with Crippen LogP contribution in [0.5, 0.6) is 0 Å². The Morgan fingerprint density at radius 3 is 2.56 bits per heavy atom. The highest BCUT2D eigenvalue weighted by Gasteiger charge is 2.20. The van der Waals surface area contributed by atoms with Crippen LogP contribution in [0, 0.1) is 23.2 Å². The molecule has 0 atom stereocenters. The van der Waals surface area contributed by atoms with E-state index in [4.69, 9.17) is 5.26 Å². The van der Waals surface area contributed by atoms with E-state index < -0.39 is 0 Å². The molecule has 3 N–H and O–H groups in total. The topological polar surface area (TPSA) is 109 Å². The van der Waals surface area contributed by atoms with Crippen molar-refractivity contribution in [2.75, 3.05) is 58.0 Å². The summed E-state index contributed by atoms with van der Waals surface area (Å²) >= 11 is 0. The Kier molecular flexibility index (Phi) is 12.9. The Morgan fingerprint density at radius 1 is 1.15 bits per heavy atom. The zero-order valence-corrected chi connectivity index (χ0v) is 24.1. The third kappa shape index (κ3) is 12.0. The van der Waals surface area contributed by atoms with Crippen molar-refractivity contribution in [1.29, 1.82) is 5.26 Å². The zero-order valence-electron chi connectivity index (χ0n) is 24.1. The summed E-state index contributed by atoms with van der Waals surface area (Å²) in [5.41, 5.74) is 1.95. The van der Waals surface area contributed by atoms with Crippen LogP contribution in [0.25, 0.3) is 0 Å². The van der Waals surface area contributed by atoms with E-state index in [1.165, 1.54) is 0 Å². The molecular formula is C30H42N8O. The molecule has 2 aromatic rings. The number of carbonyl (C=O) groups excluding carboxylic acids is 1. The number of amides is 1. The predicted molar refractivity (Wildman–Crippen MR) is 159 cm³/mol. The van der Waals surface area contributed by atoms with Gasteiger partial charge in [-0.15, -0.1) is 0 Å². The van der Waals surface area contributed by atoms with Crippen molar-refractivity contribution in [3.05, 3.63) is 53.7 Å². The maximum absolute atomic E-state index is 12.3. The lowest BCUT2D eigenvalue weighted by atomic mass is 10.0. The summed E-state index contributed by atoms with van der Waals surface area (Å²) in [6, 6.07) is 9.25. The smallest absolute Gasteiger partial charge is 0.246 e. The second-order valence-corrected chi connectivity index (χ2v) is 10.3. The van der Waals surface area contributed by atoms with Gasteiger partial charge >= 0.3 is 0 Å². The molecule has 0 saturated heterocycles. The first kappa shape index (κ1) is 31.3. The first-order valence-electron chi connectivity index (χ1n) is 13.3. The van der Waals surface area contributed by atoms with Gasteiger partial charge in [-0.1, -0.05) is 24.8 Å². The molecule has 0 aliphatic carbocycles. The Morgan fingerprint density at radius 2 is 1.90 bits per heavy atom. The van der Waals surface area contributed by atoms with Crippen LogP contribution >= 0.6 is 0 Å². The van der Waals surface area contributed by atoms with Crippen molar-refractivity contribution in [2.24, 2.45) is 0 Å². The fourth-order valence-electron chi connectivity index (χ4n) is 3.65. The number of benzene rings is 1. The number of carbonyl (C=O) groups is 1. The van der Waals surface area contributed by atoms with Gasteiger partial charge in [0.1, 0.15) is 5.82 Å². The second-order valence-electron chi connectivity index (χ2n) is 10.3. The summed E-state index contributed by atoms with van der Waals surface area (Å²) in [5.74, 6) is 7.61. The molecule has 208 valence electrons. The third-order valence-corrected chi connectivity index (χ3v) is 5.65. The van der Waals surface area contributed by atoms with Gasteiger partial charge in [0.15, 0.2) is 0 Å². The molecule has 1 aromatic carbocycles. The molecule has 0 saturated carbocycles. The van der Waals surface area contributed by atoms with Crippen molar-refractivity contribution in [2.45, 2.75) is 45.6 Å². The summed E-state index contributed by atoms with van der Waals surface area (Å²) in [5, 5.41) is 19.0. The van der Waals surface area contributed by atoms with E-state index in [2.05, 4.69) is 64.6 Å². The quantitative estimate of drug-likeness (QED) is 0.191. The Labute approximate surface area is 233 Å². The highest BCUT2D eigenvalue weighted by atomic mass is 16.2. The molecule has 2 rings (SSSR count). The van der Waals surface area contributed by atoms with Crippen molar-refractivity contribution < 1.29 is 4.79 Å². The molecule has 1 heterocycles. The molecule has 0 aliphatic rings. The van der Waals surface area contributed by atoms with Crippen molar-refractivity contribution in [3.63, 3.8) is 0 Å². The van der Waals surface area contributed by atoms with Crippen LogP contribution < -0.4 is 16.0 Å². The molecule has 0 radical (unpaired) electrons. The number of likely N-dealkylation sites (N-methyl/N-ethyl adjacent to an activating group) is 2. The minimum Gasteiger partial charge on any atom is -0.369 e. The van der Waals surface area contributed by atoms with Gasteiger partial charge < -0.3 is 25.8 Å². The summed E-state index contributed by atoms with van der Waals surface area (Å²) < 4.78 is 0. The minimum absolute atomic E-state index is 0.00502. The molecule has 1 amide bonds. The van der Waals surface area contributed by atoms with Gasteiger partial charge in [0.2, 0.25) is 11.9 Å². The summed E-state index contributed by atoms with van der Waals surface area (Å²) in [7, 11) is 5.77. The minimum atomic E-state index is -0.212. The number of hydrogen-bond donors (Lipinski definition) is 3. The van der Waals surface area contributed by atoms with E-state index in [0.29, 0.717) is 23.9 Å². The number of unbranched alkanes of at least 4 members (excludes halogenated alkanes) is 1. The summed E-state index contributed by atoms with van der Waals surface area (Å²) in [6.45, 7) is 9.22. The van der Waals surface area contributed by atoms with Gasteiger partial charge in [-0.25, -0.2) is 4.98 Å². The lowest BCUT2D eigenvalue weighted by molar-refractivity contribution is -0.125. The van der Waals surface area contributed by atoms with E-state index in [0.717, 1.165) is 50.1 Å². The van der Waals surface area contributed by atoms with E-state index in [1.807, 2.05) is 44.3 Å². The number of rotatable bonds is 14. The molecular weight excluding hydrogens is 488 g/mol. The molecule has 9 heteroatoms. The largest absolute Gasteiger partial charge is 0.369 e. The van der Waals surface area contributed by atoms with Crippen LogP contribution in [0.15, 0.2) is 42.6 Å². The summed E-state index contributed by atoms with van der Waals surface area (Å²) in [6.07, 6.45) is 7.81. The van der Waals surface area contributed by atoms with Crippen LogP contribution in [-0.2, 0) is 4.79 Å². The van der Waals surface area contributed by atoms with Gasteiger partial charge in [-0.05, 0) is 71.6 Å². The fraction of sp³-hybridized carbons (Fsp3) is 0.467. The van der Waals surface area contributed by atoms with Crippen molar-refractivity contribution in [3.8, 4) is 17.9 Å². The third-order valence-electron chi connectivity index (χ3n) is 5.65. The first-order chi connectivity index (χ1) is 18.6. The lowest BCUT2D eigenvalue weighted by Gasteiger charge is -2.31. The standard InChI is InChI=1S/C30H42N8O/c1-7-18-32-28-25(22-33-29(36-28)35-26-16-14-24(21-31)15-17-26)12-9-8-10-19-34-30(2,3)23-38(6)27(39)13-11-20-37(4)5/h11,13-17,22,34H,7-8,10,18-20,23H2,1-6H3,(H2,32,33,35,36). The van der Waals surface area contributed by atoms with Gasteiger partial charge in [-0.2, -0.15) is 10.2 Å². The Hall–Kier alpha value is -3.92. The van der Waals surface area contributed by atoms with Crippen molar-refractivity contribution in [1.82, 2.24) is 25.1 Å². The summed E-state index contributed by atoms with van der Waals surface area (Å²) in [4.78, 5) is 25.1. The number of nitrogens with one attached hydrogen (secondary N) is 3. The Balaban J connectivity index is 1.88. The molecule has 0 spiro atoms. The van der Waals surface area contributed by atoms with Crippen LogP contribution in [-0.4, -0.2) is 78.5 Å². The van der Waals surface area contributed by atoms with Crippen LogP contribution in [0.1, 0.15) is 51.2 Å². The zero-order chi connectivity index (χ0) is 28.7. The molecule has 39 heavy (non-hydrogen) atoms. The molecule has 0 fully saturated rings. The first-order valence-corrected chi connectivity index (χ1v) is 13.3. The normalized spacial score (nSPS) is 11.1. The SMILES string of the molecule is CCCNc1nc(Nc2ccc(C#N)cc2)ncc1C#CCCCNC(C)(C)CN(C)C(=O)C=CCN(C)C. The molecule has 0 aliphatic heterocycles. The van der Waals surface area contributed by atoms with E-state index in [-0.39, 0.29) is 11.4 Å². The van der Waals surface area contributed by atoms with Crippen LogP contribution in [0.4, 0.5) is 17.5 Å². The van der Waals surface area contributed by atoms with Gasteiger partial charge in [0.05, 0.1) is 23.4 Å². The van der Waals surface area contributed by atoms with Gasteiger partial charge in [0, 0.05) is 50.4 Å². The maximum Gasteiger partial charge on any atom is 0.246 e. The van der Waals surface area contributed by atoms with E-state index >= 15 is 0 Å². The predicted octanol–water partition coefficient (Wildman–Crippen LogP) is 3.99. The Bertz CT molecular complexity index is 1190. The highest BCUT2D eigenvalue weighted by molar-refractivity contribution is 5.87. The number of hydrogen-bond acceptors (Lipinski definition) is 8. The lowest BCUT2D eigenvalue weighted by Crippen LogP contribution is -2.49. The number of anilines is 3. The number of aromatic nitrogens is 2. The molecule has 1 aromatic heterocycles.